The minimum absolute atomic E-state index is 0.0777. The number of aromatic amines is 1. The van der Waals surface area contributed by atoms with Crippen molar-refractivity contribution in [2.75, 3.05) is 11.5 Å². The molecule has 10 nitrogen and oxygen atoms in total. The molecular weight excluding hydrogens is 493 g/mol. The van der Waals surface area contributed by atoms with E-state index in [2.05, 4.69) is 15.3 Å². The molecule has 2 aliphatic rings. The first-order valence-electron chi connectivity index (χ1n) is 12.4. The summed E-state index contributed by atoms with van der Waals surface area (Å²) in [6, 6.07) is 7.35. The van der Waals surface area contributed by atoms with Crippen molar-refractivity contribution in [3.8, 4) is 5.88 Å². The number of nitrogens with zero attached hydrogens (tertiary/aromatic N) is 2. The summed E-state index contributed by atoms with van der Waals surface area (Å²) < 4.78 is 24.7. The van der Waals surface area contributed by atoms with E-state index in [0.717, 1.165) is 5.56 Å². The van der Waals surface area contributed by atoms with Crippen molar-refractivity contribution in [2.24, 2.45) is 5.73 Å². The van der Waals surface area contributed by atoms with Crippen molar-refractivity contribution in [1.29, 1.82) is 0 Å². The number of hydrogen-bond donors (Lipinski definition) is 3. The van der Waals surface area contributed by atoms with E-state index in [1.165, 1.54) is 18.2 Å². The van der Waals surface area contributed by atoms with Crippen LogP contribution >= 0.6 is 0 Å². The molecule has 4 N–H and O–H groups in total. The molecule has 0 atom stereocenters. The molecule has 3 aromatic heterocycles. The van der Waals surface area contributed by atoms with E-state index in [-0.39, 0.29) is 30.7 Å². The molecule has 1 aromatic carbocycles. The number of amides is 2. The molecule has 0 saturated heterocycles. The molecule has 1 saturated carbocycles. The number of anilines is 1. The maximum atomic E-state index is 13.9. The van der Waals surface area contributed by atoms with Crippen molar-refractivity contribution in [2.45, 2.75) is 50.7 Å². The summed E-state index contributed by atoms with van der Waals surface area (Å²) in [6.45, 7) is 2.05. The monoisotopic (exact) mass is 519 g/mol. The summed E-state index contributed by atoms with van der Waals surface area (Å²) in [7, 11) is 0. The SMILES string of the molecule is Cc1cnc2c(c1)N(C1CCC(NCc3cc4c(=O)oc5ccc(F)cc5c4[nH]3)(C(N)=O)CC1)C(=O)CO2. The second kappa shape index (κ2) is 8.95. The second-order valence-corrected chi connectivity index (χ2v) is 10.0. The third-order valence-electron chi connectivity index (χ3n) is 7.60. The lowest BCUT2D eigenvalue weighted by molar-refractivity contribution is -0.126. The van der Waals surface area contributed by atoms with E-state index < -0.39 is 22.9 Å². The first kappa shape index (κ1) is 24.1. The summed E-state index contributed by atoms with van der Waals surface area (Å²) in [5, 5.41) is 4.05. The Morgan fingerprint density at radius 3 is 2.79 bits per heavy atom. The lowest BCUT2D eigenvalue weighted by Gasteiger charge is -2.43. The van der Waals surface area contributed by atoms with Gasteiger partial charge in [-0.2, -0.15) is 0 Å². The van der Waals surface area contributed by atoms with Crippen LogP contribution in [0.4, 0.5) is 10.1 Å². The number of nitrogens with one attached hydrogen (secondary N) is 2. The Bertz CT molecular complexity index is 1650. The molecule has 11 heteroatoms. The minimum Gasteiger partial charge on any atom is -0.466 e. The third kappa shape index (κ3) is 3.99. The van der Waals surface area contributed by atoms with Gasteiger partial charge < -0.3 is 24.8 Å². The van der Waals surface area contributed by atoms with Crippen LogP contribution in [0.2, 0.25) is 0 Å². The molecule has 0 radical (unpaired) electrons. The Balaban J connectivity index is 1.23. The van der Waals surface area contributed by atoms with Gasteiger partial charge in [-0.3, -0.25) is 14.9 Å². The average molecular weight is 520 g/mol. The highest BCUT2D eigenvalue weighted by Gasteiger charge is 2.43. The number of pyridine rings is 1. The number of rotatable bonds is 5. The van der Waals surface area contributed by atoms with Gasteiger partial charge in [0.2, 0.25) is 11.8 Å². The number of benzene rings is 1. The van der Waals surface area contributed by atoms with Gasteiger partial charge in [0.15, 0.2) is 6.61 Å². The van der Waals surface area contributed by atoms with Gasteiger partial charge in [-0.05, 0) is 68.5 Å². The molecule has 4 heterocycles. The van der Waals surface area contributed by atoms with E-state index in [4.69, 9.17) is 14.9 Å². The van der Waals surface area contributed by atoms with E-state index in [1.54, 1.807) is 17.2 Å². The smallest absolute Gasteiger partial charge is 0.345 e. The normalized spacial score (nSPS) is 21.5. The van der Waals surface area contributed by atoms with E-state index in [9.17, 15) is 18.8 Å². The number of H-pyrrole nitrogens is 1. The number of primary amides is 1. The Morgan fingerprint density at radius 2 is 2.03 bits per heavy atom. The largest absolute Gasteiger partial charge is 0.466 e. The van der Waals surface area contributed by atoms with Crippen LogP contribution in [0.15, 0.2) is 45.7 Å². The van der Waals surface area contributed by atoms with Crippen molar-refractivity contribution >= 4 is 39.4 Å². The zero-order chi connectivity index (χ0) is 26.6. The molecule has 38 heavy (non-hydrogen) atoms. The lowest BCUT2D eigenvalue weighted by atomic mass is 9.78. The van der Waals surface area contributed by atoms with Gasteiger partial charge in [-0.15, -0.1) is 0 Å². The highest BCUT2D eigenvalue weighted by Crippen LogP contribution is 2.38. The molecular formula is C27H26FN5O5. The van der Waals surface area contributed by atoms with Crippen LogP contribution in [0.3, 0.4) is 0 Å². The molecule has 2 amide bonds. The van der Waals surface area contributed by atoms with E-state index in [1.807, 2.05) is 13.0 Å². The fraction of sp³-hybridized carbons (Fsp3) is 0.333. The number of aryl methyl sites for hydroxylation is 1. The maximum absolute atomic E-state index is 13.9. The van der Waals surface area contributed by atoms with Crippen molar-refractivity contribution < 1.29 is 23.1 Å². The molecule has 196 valence electrons. The second-order valence-electron chi connectivity index (χ2n) is 10.0. The van der Waals surface area contributed by atoms with Crippen LogP contribution in [0, 0.1) is 12.7 Å². The molecule has 4 aromatic rings. The fourth-order valence-corrected chi connectivity index (χ4v) is 5.61. The Hall–Kier alpha value is -4.25. The highest BCUT2D eigenvalue weighted by atomic mass is 19.1. The summed E-state index contributed by atoms with van der Waals surface area (Å²) in [4.78, 5) is 47.2. The molecule has 0 bridgehead atoms. The number of carbonyl (C=O) groups excluding carboxylic acids is 2. The third-order valence-corrected chi connectivity index (χ3v) is 7.60. The number of aromatic nitrogens is 2. The summed E-state index contributed by atoms with van der Waals surface area (Å²) in [5.41, 5.74) is 7.29. The van der Waals surface area contributed by atoms with Crippen LogP contribution in [0.5, 0.6) is 5.88 Å². The average Bonchev–Trinajstić information content (AvgIpc) is 3.34. The van der Waals surface area contributed by atoms with Crippen molar-refractivity contribution in [3.63, 3.8) is 0 Å². The van der Waals surface area contributed by atoms with Crippen molar-refractivity contribution in [1.82, 2.24) is 15.3 Å². The quantitative estimate of drug-likeness (QED) is 0.344. The molecule has 6 rings (SSSR count). The molecule has 0 spiro atoms. The zero-order valence-electron chi connectivity index (χ0n) is 20.7. The minimum atomic E-state index is -0.990. The number of ether oxygens (including phenoxy) is 1. The topological polar surface area (TPSA) is 144 Å². The number of hydrogen-bond acceptors (Lipinski definition) is 7. The van der Waals surface area contributed by atoms with Gasteiger partial charge in [0.1, 0.15) is 17.1 Å². The van der Waals surface area contributed by atoms with Gasteiger partial charge in [-0.25, -0.2) is 14.2 Å². The first-order chi connectivity index (χ1) is 18.2. The highest BCUT2D eigenvalue weighted by molar-refractivity contribution is 6.02. The maximum Gasteiger partial charge on any atom is 0.345 e. The molecule has 1 aliphatic heterocycles. The van der Waals surface area contributed by atoms with Gasteiger partial charge in [0.05, 0.1) is 16.4 Å². The van der Waals surface area contributed by atoms with E-state index in [0.29, 0.717) is 59.2 Å². The predicted molar refractivity (Wildman–Crippen MR) is 137 cm³/mol. The lowest BCUT2D eigenvalue weighted by Crippen LogP contribution is -2.59. The number of fused-ring (bicyclic) bond motifs is 4. The fourth-order valence-electron chi connectivity index (χ4n) is 5.61. The van der Waals surface area contributed by atoms with Gasteiger partial charge in [0, 0.05) is 29.9 Å². The predicted octanol–water partition coefficient (Wildman–Crippen LogP) is 2.80. The summed E-state index contributed by atoms with van der Waals surface area (Å²) in [5.74, 6) is -0.644. The van der Waals surface area contributed by atoms with Crippen LogP contribution in [-0.4, -0.2) is 40.0 Å². The van der Waals surface area contributed by atoms with Crippen LogP contribution in [0.1, 0.15) is 36.9 Å². The van der Waals surface area contributed by atoms with E-state index >= 15 is 0 Å². The summed E-state index contributed by atoms with van der Waals surface area (Å²) >= 11 is 0. The molecule has 1 fully saturated rings. The molecule has 0 unspecified atom stereocenters. The van der Waals surface area contributed by atoms with Gasteiger partial charge in [-0.1, -0.05) is 0 Å². The Labute approximate surface area is 216 Å². The zero-order valence-corrected chi connectivity index (χ0v) is 20.7. The number of nitrogens with two attached hydrogens (primary N) is 1. The van der Waals surface area contributed by atoms with Crippen LogP contribution in [0.25, 0.3) is 21.9 Å². The van der Waals surface area contributed by atoms with Crippen LogP contribution < -0.4 is 26.3 Å². The summed E-state index contributed by atoms with van der Waals surface area (Å²) in [6.07, 6.45) is 3.64. The van der Waals surface area contributed by atoms with Crippen LogP contribution in [-0.2, 0) is 16.1 Å². The number of carbonyl (C=O) groups is 2. The van der Waals surface area contributed by atoms with Gasteiger partial charge >= 0.3 is 5.63 Å². The first-order valence-corrected chi connectivity index (χ1v) is 12.4. The standard InChI is InChI=1S/C27H26FN5O5/c1-14-8-20-24(30-11-14)37-13-22(34)33(20)17-4-6-27(7-5-17,26(29)36)31-12-16-10-19-23(32-16)18-9-15(28)2-3-21(18)38-25(19)35/h2-3,8-11,17,31-32H,4-7,12-13H2,1H3,(H2,29,36). The Kier molecular flexibility index (Phi) is 5.68. The Morgan fingerprint density at radius 1 is 1.24 bits per heavy atom. The van der Waals surface area contributed by atoms with Gasteiger partial charge in [0.25, 0.3) is 5.91 Å². The van der Waals surface area contributed by atoms with Crippen molar-refractivity contribution in [3.05, 3.63) is 64.0 Å². The molecule has 1 aliphatic carbocycles. The number of halogens is 1.